The molecule has 226 valence electrons. The third-order valence-corrected chi connectivity index (χ3v) is 16.6. The summed E-state index contributed by atoms with van der Waals surface area (Å²) in [6.07, 6.45) is 7.51. The minimum absolute atomic E-state index is 0.0212. The lowest BCUT2D eigenvalue weighted by Crippen LogP contribution is -2.63. The SMILES string of the molecule is CCc1ccc2cc1NC(C(C)O)CSSCC1CC3(CCC4CC5C6C(=O)CC(OC)C6(O)C4(C)C53C)CC1C2. The van der Waals surface area contributed by atoms with Gasteiger partial charge in [-0.05, 0) is 104 Å². The molecule has 0 saturated heterocycles. The molecule has 1 aliphatic heterocycles. The molecule has 12 unspecified atom stereocenters. The van der Waals surface area contributed by atoms with Crippen molar-refractivity contribution in [2.45, 2.75) is 103 Å². The monoisotopic (exact) mass is 599 g/mol. The molecule has 6 aliphatic rings. The molecule has 7 rings (SSSR count). The predicted molar refractivity (Wildman–Crippen MR) is 168 cm³/mol. The summed E-state index contributed by atoms with van der Waals surface area (Å²) < 4.78 is 5.93. The highest BCUT2D eigenvalue weighted by molar-refractivity contribution is 8.76. The van der Waals surface area contributed by atoms with Gasteiger partial charge >= 0.3 is 0 Å². The van der Waals surface area contributed by atoms with Gasteiger partial charge in [-0.1, -0.05) is 54.5 Å². The van der Waals surface area contributed by atoms with Crippen molar-refractivity contribution in [3.05, 3.63) is 29.3 Å². The Morgan fingerprint density at radius 3 is 2.61 bits per heavy atom. The van der Waals surface area contributed by atoms with Gasteiger partial charge in [-0.3, -0.25) is 4.79 Å². The Labute approximate surface area is 254 Å². The summed E-state index contributed by atoms with van der Waals surface area (Å²) in [7, 11) is 5.59. The fourth-order valence-corrected chi connectivity index (χ4v) is 14.8. The maximum Gasteiger partial charge on any atom is 0.141 e. The van der Waals surface area contributed by atoms with Gasteiger partial charge in [0, 0.05) is 36.1 Å². The minimum Gasteiger partial charge on any atom is -0.391 e. The summed E-state index contributed by atoms with van der Waals surface area (Å²) in [5.41, 5.74) is 2.62. The van der Waals surface area contributed by atoms with Crippen molar-refractivity contribution in [1.29, 1.82) is 0 Å². The second-order valence-electron chi connectivity index (χ2n) is 15.0. The fourth-order valence-electron chi connectivity index (χ4n) is 12.0. The smallest absolute Gasteiger partial charge is 0.141 e. The van der Waals surface area contributed by atoms with Gasteiger partial charge in [0.25, 0.3) is 0 Å². The quantitative estimate of drug-likeness (QED) is 0.360. The number of methoxy groups -OCH3 is 1. The number of aryl methyl sites for hydroxylation is 1. The highest BCUT2D eigenvalue weighted by Crippen LogP contribution is 2.86. The van der Waals surface area contributed by atoms with E-state index in [0.717, 1.165) is 30.8 Å². The van der Waals surface area contributed by atoms with Crippen LogP contribution in [-0.2, 0) is 22.4 Å². The van der Waals surface area contributed by atoms with Crippen molar-refractivity contribution < 1.29 is 19.7 Å². The summed E-state index contributed by atoms with van der Waals surface area (Å²) >= 11 is 0. The van der Waals surface area contributed by atoms with Gasteiger partial charge in [-0.25, -0.2) is 0 Å². The molecule has 1 heterocycles. The molecule has 41 heavy (non-hydrogen) atoms. The van der Waals surface area contributed by atoms with E-state index in [-0.39, 0.29) is 46.0 Å². The van der Waals surface area contributed by atoms with Gasteiger partial charge < -0.3 is 20.3 Å². The number of aliphatic hydroxyl groups is 2. The molecule has 6 bridgehead atoms. The molecule has 12 atom stereocenters. The number of ether oxygens (including phenoxy) is 1. The number of ketones is 1. The standard InChI is InChI=1S/C34H49NO4S2/c1-6-21-8-7-20-11-22-15-33(16-23(22)17-40-41-18-27(19(2)36)35-26(21)12-20)10-9-24-13-25-30-28(37)14-29(39-5)34(30,38)31(24,3)32(25,33)4/h7-8,12,19,22-25,27,29-30,35-36,38H,6,9-11,13-18H2,1-5H3. The maximum atomic E-state index is 13.5. The summed E-state index contributed by atoms with van der Waals surface area (Å²) in [5.74, 6) is 3.90. The molecule has 1 spiro atoms. The summed E-state index contributed by atoms with van der Waals surface area (Å²) in [4.78, 5) is 13.5. The van der Waals surface area contributed by atoms with E-state index in [0.29, 0.717) is 24.2 Å². The van der Waals surface area contributed by atoms with E-state index in [2.05, 4.69) is 44.3 Å². The van der Waals surface area contributed by atoms with Crippen molar-refractivity contribution >= 4 is 33.1 Å². The molecule has 5 aliphatic carbocycles. The molecule has 7 heteroatoms. The molecule has 3 N–H and O–H groups in total. The van der Waals surface area contributed by atoms with Crippen LogP contribution in [0.4, 0.5) is 5.69 Å². The average molecular weight is 600 g/mol. The van der Waals surface area contributed by atoms with E-state index in [9.17, 15) is 15.0 Å². The molecular formula is C34H49NO4S2. The van der Waals surface area contributed by atoms with Crippen LogP contribution in [0, 0.1) is 45.8 Å². The third-order valence-electron chi connectivity index (χ3n) is 14.0. The van der Waals surface area contributed by atoms with E-state index in [1.54, 1.807) is 7.11 Å². The molecule has 5 nitrogen and oxygen atoms in total. The van der Waals surface area contributed by atoms with Crippen LogP contribution in [0.1, 0.15) is 77.3 Å². The Balaban J connectivity index is 1.26. The number of Topliss-reactive ketones (excluding diaryl/α,β-unsaturated/α-hetero) is 1. The van der Waals surface area contributed by atoms with E-state index in [4.69, 9.17) is 4.74 Å². The van der Waals surface area contributed by atoms with Crippen molar-refractivity contribution in [3.63, 3.8) is 0 Å². The second kappa shape index (κ2) is 9.89. The van der Waals surface area contributed by atoms with Gasteiger partial charge in [-0.15, -0.1) is 0 Å². The highest BCUT2D eigenvalue weighted by Gasteiger charge is 2.87. The van der Waals surface area contributed by atoms with E-state index >= 15 is 0 Å². The lowest BCUT2D eigenvalue weighted by Gasteiger charge is -2.61. The first-order chi connectivity index (χ1) is 19.5. The van der Waals surface area contributed by atoms with E-state index in [1.807, 2.05) is 28.5 Å². The third kappa shape index (κ3) is 3.65. The van der Waals surface area contributed by atoms with Crippen LogP contribution in [0.3, 0.4) is 0 Å². The van der Waals surface area contributed by atoms with Crippen LogP contribution in [0.5, 0.6) is 0 Å². The normalized spacial score (nSPS) is 49.2. The summed E-state index contributed by atoms with van der Waals surface area (Å²) in [6, 6.07) is 7.02. The number of hydrogen-bond acceptors (Lipinski definition) is 7. The number of hydrogen-bond donors (Lipinski definition) is 3. The molecule has 0 amide bonds. The van der Waals surface area contributed by atoms with Crippen LogP contribution in [0.15, 0.2) is 18.2 Å². The van der Waals surface area contributed by atoms with Crippen molar-refractivity contribution in [2.24, 2.45) is 45.8 Å². The number of fused-ring (bicyclic) bond motifs is 5. The molecular weight excluding hydrogens is 551 g/mol. The van der Waals surface area contributed by atoms with Gasteiger partial charge in [-0.2, -0.15) is 0 Å². The van der Waals surface area contributed by atoms with Crippen LogP contribution >= 0.6 is 21.6 Å². The zero-order valence-electron chi connectivity index (χ0n) is 25.4. The van der Waals surface area contributed by atoms with Crippen LogP contribution in [0.25, 0.3) is 0 Å². The van der Waals surface area contributed by atoms with Gasteiger partial charge in [0.2, 0.25) is 0 Å². The predicted octanol–water partition coefficient (Wildman–Crippen LogP) is 6.15. The second-order valence-corrected chi connectivity index (χ2v) is 17.6. The largest absolute Gasteiger partial charge is 0.391 e. The Morgan fingerprint density at radius 2 is 1.88 bits per heavy atom. The first-order valence-corrected chi connectivity index (χ1v) is 18.6. The lowest BCUT2D eigenvalue weighted by molar-refractivity contribution is -0.221. The number of nitrogens with one attached hydrogen (secondary N) is 1. The fraction of sp³-hybridized carbons (Fsp3) is 0.794. The number of aliphatic hydroxyl groups excluding tert-OH is 1. The topological polar surface area (TPSA) is 78.8 Å². The van der Waals surface area contributed by atoms with Crippen LogP contribution in [0.2, 0.25) is 0 Å². The van der Waals surface area contributed by atoms with Crippen molar-refractivity contribution in [2.75, 3.05) is 23.9 Å². The zero-order valence-corrected chi connectivity index (χ0v) is 27.1. The Bertz CT molecular complexity index is 1230. The number of benzene rings is 1. The molecule has 5 saturated carbocycles. The lowest BCUT2D eigenvalue weighted by atomic mass is 9.44. The Kier molecular flexibility index (Phi) is 7.00. The Morgan fingerprint density at radius 1 is 1.12 bits per heavy atom. The average Bonchev–Trinajstić information content (AvgIpc) is 3.52. The van der Waals surface area contributed by atoms with Crippen molar-refractivity contribution in [1.82, 2.24) is 0 Å². The molecule has 1 aromatic rings. The maximum absolute atomic E-state index is 13.5. The van der Waals surface area contributed by atoms with Gasteiger partial charge in [0.15, 0.2) is 0 Å². The first kappa shape index (κ1) is 29.0. The number of carbonyl (C=O) groups excluding carboxylic acids is 1. The number of anilines is 1. The van der Waals surface area contributed by atoms with Crippen LogP contribution in [-0.4, -0.2) is 58.5 Å². The van der Waals surface area contributed by atoms with E-state index < -0.39 is 11.7 Å². The number of rotatable bonds is 3. The number of carbonyl (C=O) groups is 1. The minimum atomic E-state index is -1.04. The summed E-state index contributed by atoms with van der Waals surface area (Å²) in [5, 5.41) is 26.9. The highest BCUT2D eigenvalue weighted by atomic mass is 33.1. The Hall–Kier alpha value is -0.730. The summed E-state index contributed by atoms with van der Waals surface area (Å²) in [6.45, 7) is 8.98. The van der Waals surface area contributed by atoms with E-state index in [1.165, 1.54) is 42.5 Å². The molecule has 5 fully saturated rings. The molecule has 0 radical (unpaired) electrons. The first-order valence-electron chi connectivity index (χ1n) is 16.1. The zero-order chi connectivity index (χ0) is 28.9. The van der Waals surface area contributed by atoms with Crippen molar-refractivity contribution in [3.8, 4) is 0 Å². The van der Waals surface area contributed by atoms with Gasteiger partial charge in [0.1, 0.15) is 11.4 Å². The van der Waals surface area contributed by atoms with Crippen LogP contribution < -0.4 is 5.32 Å². The molecule has 1 aromatic carbocycles. The van der Waals surface area contributed by atoms with Gasteiger partial charge in [0.05, 0.1) is 24.2 Å². The molecule has 0 aromatic heterocycles.